The van der Waals surface area contributed by atoms with Gasteiger partial charge in [-0.15, -0.1) is 0 Å². The van der Waals surface area contributed by atoms with Crippen molar-refractivity contribution in [3.05, 3.63) is 12.8 Å². The molecule has 0 unspecified atom stereocenters. The lowest BCUT2D eigenvalue weighted by Crippen LogP contribution is -2.03. The molecule has 0 aliphatic carbocycles. The van der Waals surface area contributed by atoms with E-state index in [1.165, 1.54) is 128 Å². The molecule has 0 amide bonds. The van der Waals surface area contributed by atoms with Crippen LogP contribution in [0.4, 0.5) is 0 Å². The molecule has 0 radical (unpaired) electrons. The quantitative estimate of drug-likeness (QED) is 0.0904. The molecule has 0 atom stereocenters. The summed E-state index contributed by atoms with van der Waals surface area (Å²) >= 11 is 0. The van der Waals surface area contributed by atoms with Crippen molar-refractivity contribution in [3.63, 3.8) is 0 Å². The summed E-state index contributed by atoms with van der Waals surface area (Å²) in [5.41, 5.74) is 0.520. The average Bonchev–Trinajstić information content (AvgIpc) is 2.71. The molecule has 0 heterocycles. The van der Waals surface area contributed by atoms with E-state index in [1.54, 1.807) is 0 Å². The second-order valence-electron chi connectivity index (χ2n) is 10.8. The summed E-state index contributed by atoms with van der Waals surface area (Å²) in [5.74, 6) is -0.146. The van der Waals surface area contributed by atoms with Crippen molar-refractivity contribution in [3.8, 4) is 0 Å². The Bertz CT molecular complexity index is 394. The zero-order valence-corrected chi connectivity index (χ0v) is 21.7. The van der Waals surface area contributed by atoms with E-state index in [2.05, 4.69) is 27.4 Å². The first-order valence-electron chi connectivity index (χ1n) is 13.8. The zero-order valence-electron chi connectivity index (χ0n) is 21.7. The third-order valence-corrected chi connectivity index (χ3v) is 6.27. The fraction of sp³-hybridized carbons (Fsp3) is 0.897. The highest BCUT2D eigenvalue weighted by atomic mass is 16.5. The molecule has 0 aliphatic heterocycles. The molecule has 0 saturated heterocycles. The number of unbranched alkanes of at least 4 members (excludes halogenated alkanes) is 19. The van der Waals surface area contributed by atoms with Gasteiger partial charge in [0, 0.05) is 6.42 Å². The van der Waals surface area contributed by atoms with Gasteiger partial charge in [-0.05, 0) is 18.3 Å². The summed E-state index contributed by atoms with van der Waals surface area (Å²) in [7, 11) is 0. The molecular weight excluding hydrogens is 380 g/mol. The minimum absolute atomic E-state index is 0.146. The van der Waals surface area contributed by atoms with E-state index in [9.17, 15) is 4.79 Å². The van der Waals surface area contributed by atoms with E-state index in [0.29, 0.717) is 11.8 Å². The Kier molecular flexibility index (Phi) is 21.8. The smallest absolute Gasteiger partial charge is 0.310 e. The van der Waals surface area contributed by atoms with Crippen LogP contribution < -0.4 is 0 Å². The standard InChI is InChI=1S/C29H56O2/c1-5-31-28(30)26-24-22-20-18-16-14-12-10-8-6-7-9-11-13-15-17-19-21-23-25-27-29(2,3)4/h5H,1,6-27H2,2-4H3. The summed E-state index contributed by atoms with van der Waals surface area (Å²) in [4.78, 5) is 11.2. The number of ether oxygens (including phenoxy) is 1. The van der Waals surface area contributed by atoms with Crippen LogP contribution in [-0.4, -0.2) is 5.97 Å². The molecule has 31 heavy (non-hydrogen) atoms. The molecule has 2 heteroatoms. The Morgan fingerprint density at radius 3 is 1.16 bits per heavy atom. The van der Waals surface area contributed by atoms with Crippen LogP contribution in [-0.2, 0) is 9.53 Å². The van der Waals surface area contributed by atoms with Crippen LogP contribution >= 0.6 is 0 Å². The van der Waals surface area contributed by atoms with Gasteiger partial charge in [-0.1, -0.05) is 149 Å². The second kappa shape index (κ2) is 22.4. The predicted molar refractivity (Wildman–Crippen MR) is 137 cm³/mol. The number of rotatable bonds is 23. The first-order valence-corrected chi connectivity index (χ1v) is 13.8. The molecule has 0 N–H and O–H groups in total. The number of carbonyl (C=O) groups excluding carboxylic acids is 1. The topological polar surface area (TPSA) is 26.3 Å². The van der Waals surface area contributed by atoms with Crippen molar-refractivity contribution in [1.29, 1.82) is 0 Å². The van der Waals surface area contributed by atoms with Gasteiger partial charge in [0.15, 0.2) is 0 Å². The molecule has 2 nitrogen and oxygen atoms in total. The Morgan fingerprint density at radius 2 is 0.871 bits per heavy atom. The predicted octanol–water partition coefficient (Wildman–Crippen LogP) is 10.3. The maximum atomic E-state index is 11.2. The Morgan fingerprint density at radius 1 is 0.581 bits per heavy atom. The summed E-state index contributed by atoms with van der Waals surface area (Å²) in [6.45, 7) is 10.5. The molecular formula is C29H56O2. The molecule has 0 aromatic carbocycles. The number of hydrogen-bond acceptors (Lipinski definition) is 2. The van der Waals surface area contributed by atoms with Crippen molar-refractivity contribution in [2.45, 2.75) is 162 Å². The summed E-state index contributed by atoms with van der Waals surface area (Å²) in [6, 6.07) is 0. The van der Waals surface area contributed by atoms with Crippen LogP contribution in [0, 0.1) is 5.41 Å². The molecule has 0 saturated carbocycles. The largest absolute Gasteiger partial charge is 0.435 e. The molecule has 0 aliphatic rings. The van der Waals surface area contributed by atoms with Gasteiger partial charge < -0.3 is 4.74 Å². The van der Waals surface area contributed by atoms with Gasteiger partial charge >= 0.3 is 5.97 Å². The zero-order chi connectivity index (χ0) is 23.0. The van der Waals surface area contributed by atoms with Gasteiger partial charge in [0.05, 0.1) is 6.26 Å². The third-order valence-electron chi connectivity index (χ3n) is 6.27. The highest BCUT2D eigenvalue weighted by Crippen LogP contribution is 2.22. The van der Waals surface area contributed by atoms with Crippen molar-refractivity contribution in [2.75, 3.05) is 0 Å². The van der Waals surface area contributed by atoms with Crippen LogP contribution in [0.1, 0.15) is 162 Å². The lowest BCUT2D eigenvalue weighted by Gasteiger charge is -2.17. The van der Waals surface area contributed by atoms with E-state index in [1.807, 2.05) is 0 Å². The Hall–Kier alpha value is -0.790. The molecule has 0 fully saturated rings. The van der Waals surface area contributed by atoms with Crippen molar-refractivity contribution >= 4 is 5.97 Å². The molecule has 0 aromatic heterocycles. The normalized spacial score (nSPS) is 11.6. The maximum Gasteiger partial charge on any atom is 0.310 e. The van der Waals surface area contributed by atoms with Crippen molar-refractivity contribution in [2.24, 2.45) is 5.41 Å². The molecule has 0 rings (SSSR count). The molecule has 0 aromatic rings. The van der Waals surface area contributed by atoms with Gasteiger partial charge in [-0.3, -0.25) is 4.79 Å². The number of carbonyl (C=O) groups is 1. The molecule has 184 valence electrons. The monoisotopic (exact) mass is 436 g/mol. The van der Waals surface area contributed by atoms with Gasteiger partial charge in [0.1, 0.15) is 0 Å². The fourth-order valence-electron chi connectivity index (χ4n) is 4.26. The minimum Gasteiger partial charge on any atom is -0.435 e. The summed E-state index contributed by atoms with van der Waals surface area (Å²) < 4.78 is 4.72. The molecule has 0 spiro atoms. The maximum absolute atomic E-state index is 11.2. The number of esters is 1. The first-order chi connectivity index (χ1) is 15.0. The van der Waals surface area contributed by atoms with Crippen molar-refractivity contribution < 1.29 is 9.53 Å². The lowest BCUT2D eigenvalue weighted by molar-refractivity contribution is -0.138. The van der Waals surface area contributed by atoms with E-state index in [0.717, 1.165) is 12.8 Å². The third kappa shape index (κ3) is 27.2. The van der Waals surface area contributed by atoms with Crippen molar-refractivity contribution in [1.82, 2.24) is 0 Å². The van der Waals surface area contributed by atoms with Crippen LogP contribution in [0.25, 0.3) is 0 Å². The minimum atomic E-state index is -0.146. The van der Waals surface area contributed by atoms with Gasteiger partial charge in [0.2, 0.25) is 0 Å². The van der Waals surface area contributed by atoms with E-state index >= 15 is 0 Å². The SMILES string of the molecule is C=COC(=O)CCCCCCCCCCCCCCCCCCCCCCC(C)(C)C. The Labute approximate surface area is 196 Å². The van der Waals surface area contributed by atoms with Gasteiger partial charge in [0.25, 0.3) is 0 Å². The van der Waals surface area contributed by atoms with Crippen LogP contribution in [0.3, 0.4) is 0 Å². The summed E-state index contributed by atoms with van der Waals surface area (Å²) in [5, 5.41) is 0. The fourth-order valence-corrected chi connectivity index (χ4v) is 4.26. The summed E-state index contributed by atoms with van der Waals surface area (Å²) in [6.07, 6.45) is 30.7. The van der Waals surface area contributed by atoms with Crippen LogP contribution in [0.15, 0.2) is 12.8 Å². The van der Waals surface area contributed by atoms with E-state index in [4.69, 9.17) is 4.74 Å². The first kappa shape index (κ1) is 30.2. The van der Waals surface area contributed by atoms with E-state index in [-0.39, 0.29) is 5.97 Å². The average molecular weight is 437 g/mol. The van der Waals surface area contributed by atoms with Crippen LogP contribution in [0.2, 0.25) is 0 Å². The van der Waals surface area contributed by atoms with Crippen LogP contribution in [0.5, 0.6) is 0 Å². The molecule has 0 bridgehead atoms. The highest BCUT2D eigenvalue weighted by molar-refractivity contribution is 5.69. The number of hydrogen-bond donors (Lipinski definition) is 0. The highest BCUT2D eigenvalue weighted by Gasteiger charge is 2.08. The van der Waals surface area contributed by atoms with Gasteiger partial charge in [-0.25, -0.2) is 0 Å². The lowest BCUT2D eigenvalue weighted by atomic mass is 9.89. The van der Waals surface area contributed by atoms with E-state index < -0.39 is 0 Å². The second-order valence-corrected chi connectivity index (χ2v) is 10.8. The van der Waals surface area contributed by atoms with Gasteiger partial charge in [-0.2, -0.15) is 0 Å². The Balaban J connectivity index is 3.08.